The molecule has 0 amide bonds. The van der Waals surface area contributed by atoms with E-state index in [1.165, 1.54) is 5.56 Å². The maximum atomic E-state index is 5.64. The van der Waals surface area contributed by atoms with Gasteiger partial charge >= 0.3 is 0 Å². The molecule has 0 aliphatic rings. The van der Waals surface area contributed by atoms with Gasteiger partial charge in [0.25, 0.3) is 0 Å². The second-order valence-electron chi connectivity index (χ2n) is 4.47. The van der Waals surface area contributed by atoms with Crippen LogP contribution in [0, 0.1) is 0 Å². The summed E-state index contributed by atoms with van der Waals surface area (Å²) in [7, 11) is 0. The Kier molecular flexibility index (Phi) is 5.51. The average molecular weight is 320 g/mol. The standard InChI is InChI=1S/C15H18BrN3/c16-13-9-5-11-18-15(13)14(19-17)10-4-8-12-6-2-1-3-7-12/h1-3,5-7,9,11,14,19H,4,8,10,17H2. The first-order valence-electron chi connectivity index (χ1n) is 6.41. The summed E-state index contributed by atoms with van der Waals surface area (Å²) in [5, 5.41) is 0. The van der Waals surface area contributed by atoms with Crippen LogP contribution in [0.3, 0.4) is 0 Å². The monoisotopic (exact) mass is 319 g/mol. The van der Waals surface area contributed by atoms with Gasteiger partial charge in [-0.05, 0) is 52.9 Å². The summed E-state index contributed by atoms with van der Waals surface area (Å²) in [4.78, 5) is 4.39. The largest absolute Gasteiger partial charge is 0.271 e. The Hall–Kier alpha value is -1.23. The topological polar surface area (TPSA) is 50.9 Å². The molecule has 0 bridgehead atoms. The van der Waals surface area contributed by atoms with Gasteiger partial charge in [-0.15, -0.1) is 0 Å². The number of nitrogens with two attached hydrogens (primary N) is 1. The predicted molar refractivity (Wildman–Crippen MR) is 81.4 cm³/mol. The van der Waals surface area contributed by atoms with E-state index in [9.17, 15) is 0 Å². The number of aromatic nitrogens is 1. The summed E-state index contributed by atoms with van der Waals surface area (Å²) in [5.74, 6) is 5.64. The van der Waals surface area contributed by atoms with E-state index >= 15 is 0 Å². The van der Waals surface area contributed by atoms with E-state index in [1.807, 2.05) is 18.2 Å². The van der Waals surface area contributed by atoms with Crippen LogP contribution in [0.2, 0.25) is 0 Å². The molecule has 2 aromatic rings. The molecular formula is C15H18BrN3. The van der Waals surface area contributed by atoms with Crippen molar-refractivity contribution in [2.45, 2.75) is 25.3 Å². The zero-order valence-corrected chi connectivity index (χ0v) is 12.3. The third-order valence-electron chi connectivity index (χ3n) is 3.12. The van der Waals surface area contributed by atoms with Crippen LogP contribution in [-0.4, -0.2) is 4.98 Å². The van der Waals surface area contributed by atoms with E-state index in [0.717, 1.165) is 29.4 Å². The first kappa shape index (κ1) is 14.2. The molecule has 0 saturated heterocycles. The summed E-state index contributed by atoms with van der Waals surface area (Å²) in [5.41, 5.74) is 5.18. The van der Waals surface area contributed by atoms with Crippen molar-refractivity contribution in [3.63, 3.8) is 0 Å². The highest BCUT2D eigenvalue weighted by molar-refractivity contribution is 9.10. The van der Waals surface area contributed by atoms with Gasteiger partial charge in [0.1, 0.15) is 0 Å². The molecule has 0 saturated carbocycles. The molecule has 1 aromatic heterocycles. The van der Waals surface area contributed by atoms with E-state index in [-0.39, 0.29) is 6.04 Å². The molecule has 3 N–H and O–H groups in total. The first-order chi connectivity index (χ1) is 9.31. The molecule has 0 fully saturated rings. The molecule has 3 nitrogen and oxygen atoms in total. The zero-order chi connectivity index (χ0) is 13.5. The van der Waals surface area contributed by atoms with Gasteiger partial charge in [-0.2, -0.15) is 0 Å². The number of rotatable bonds is 6. The molecule has 4 heteroatoms. The lowest BCUT2D eigenvalue weighted by Crippen LogP contribution is -2.29. The number of benzene rings is 1. The van der Waals surface area contributed by atoms with Crippen LogP contribution in [-0.2, 0) is 6.42 Å². The summed E-state index contributed by atoms with van der Waals surface area (Å²) in [6, 6.07) is 14.5. The Morgan fingerprint density at radius 1 is 1.16 bits per heavy atom. The molecule has 0 aliphatic carbocycles. The van der Waals surface area contributed by atoms with Gasteiger partial charge in [-0.3, -0.25) is 16.3 Å². The Morgan fingerprint density at radius 3 is 2.63 bits per heavy atom. The van der Waals surface area contributed by atoms with Crippen molar-refractivity contribution in [2.24, 2.45) is 5.84 Å². The van der Waals surface area contributed by atoms with Crippen molar-refractivity contribution in [3.8, 4) is 0 Å². The minimum absolute atomic E-state index is 0.0827. The van der Waals surface area contributed by atoms with Crippen LogP contribution >= 0.6 is 15.9 Å². The van der Waals surface area contributed by atoms with Gasteiger partial charge in [0.05, 0.1) is 11.7 Å². The van der Waals surface area contributed by atoms with Crippen molar-refractivity contribution < 1.29 is 0 Å². The second-order valence-corrected chi connectivity index (χ2v) is 5.32. The van der Waals surface area contributed by atoms with Crippen LogP contribution in [0.4, 0.5) is 0 Å². The number of hydrogen-bond donors (Lipinski definition) is 2. The molecule has 1 atom stereocenters. The van der Waals surface area contributed by atoms with Gasteiger partial charge in [0.2, 0.25) is 0 Å². The summed E-state index contributed by atoms with van der Waals surface area (Å²) < 4.78 is 0.998. The lowest BCUT2D eigenvalue weighted by atomic mass is 10.0. The number of pyridine rings is 1. The first-order valence-corrected chi connectivity index (χ1v) is 7.21. The lowest BCUT2D eigenvalue weighted by molar-refractivity contribution is 0.486. The smallest absolute Gasteiger partial charge is 0.0728 e. The Labute approximate surface area is 122 Å². The van der Waals surface area contributed by atoms with E-state index in [2.05, 4.69) is 50.6 Å². The minimum atomic E-state index is 0.0827. The van der Waals surface area contributed by atoms with Crippen LogP contribution < -0.4 is 11.3 Å². The number of hydrazine groups is 1. The van der Waals surface area contributed by atoms with Crippen molar-refractivity contribution in [3.05, 3.63) is 64.4 Å². The fourth-order valence-corrected chi connectivity index (χ4v) is 2.64. The second kappa shape index (κ2) is 7.38. The molecule has 100 valence electrons. The third-order valence-corrected chi connectivity index (χ3v) is 3.79. The van der Waals surface area contributed by atoms with Crippen molar-refractivity contribution in [2.75, 3.05) is 0 Å². The van der Waals surface area contributed by atoms with Crippen molar-refractivity contribution in [1.29, 1.82) is 0 Å². The normalized spacial score (nSPS) is 12.3. The molecular weight excluding hydrogens is 302 g/mol. The van der Waals surface area contributed by atoms with Crippen LogP contribution in [0.5, 0.6) is 0 Å². The molecule has 2 rings (SSSR count). The minimum Gasteiger partial charge on any atom is -0.271 e. The number of hydrogen-bond acceptors (Lipinski definition) is 3. The Balaban J connectivity index is 1.92. The van der Waals surface area contributed by atoms with E-state index in [0.29, 0.717) is 0 Å². The fourth-order valence-electron chi connectivity index (χ4n) is 2.11. The Morgan fingerprint density at radius 2 is 1.95 bits per heavy atom. The van der Waals surface area contributed by atoms with Gasteiger partial charge in [0.15, 0.2) is 0 Å². The maximum absolute atomic E-state index is 5.64. The zero-order valence-electron chi connectivity index (χ0n) is 10.7. The SMILES string of the molecule is NNC(CCCc1ccccc1)c1ncccc1Br. The van der Waals surface area contributed by atoms with Gasteiger partial charge in [0, 0.05) is 10.7 Å². The lowest BCUT2D eigenvalue weighted by Gasteiger charge is -2.16. The average Bonchev–Trinajstić information content (AvgIpc) is 2.46. The number of nitrogens with zero attached hydrogens (tertiary/aromatic N) is 1. The van der Waals surface area contributed by atoms with E-state index < -0.39 is 0 Å². The molecule has 19 heavy (non-hydrogen) atoms. The van der Waals surface area contributed by atoms with Gasteiger partial charge in [-0.25, -0.2) is 0 Å². The number of nitrogens with one attached hydrogen (secondary N) is 1. The highest BCUT2D eigenvalue weighted by Gasteiger charge is 2.13. The third kappa shape index (κ3) is 4.13. The van der Waals surface area contributed by atoms with Crippen LogP contribution in [0.15, 0.2) is 53.1 Å². The summed E-state index contributed by atoms with van der Waals surface area (Å²) in [6.45, 7) is 0. The van der Waals surface area contributed by atoms with Crippen LogP contribution in [0.1, 0.15) is 30.1 Å². The molecule has 1 unspecified atom stereocenters. The molecule has 0 radical (unpaired) electrons. The van der Waals surface area contributed by atoms with Gasteiger partial charge < -0.3 is 0 Å². The highest BCUT2D eigenvalue weighted by atomic mass is 79.9. The van der Waals surface area contributed by atoms with Gasteiger partial charge in [-0.1, -0.05) is 30.3 Å². The summed E-state index contributed by atoms with van der Waals surface area (Å²) >= 11 is 3.52. The predicted octanol–water partition coefficient (Wildman–Crippen LogP) is 3.37. The van der Waals surface area contributed by atoms with Crippen molar-refractivity contribution >= 4 is 15.9 Å². The van der Waals surface area contributed by atoms with E-state index in [4.69, 9.17) is 5.84 Å². The maximum Gasteiger partial charge on any atom is 0.0728 e. The molecule has 0 aliphatic heterocycles. The molecule has 1 heterocycles. The van der Waals surface area contributed by atoms with Crippen LogP contribution in [0.25, 0.3) is 0 Å². The molecule has 0 spiro atoms. The Bertz CT molecular complexity index is 502. The highest BCUT2D eigenvalue weighted by Crippen LogP contribution is 2.24. The molecule has 1 aromatic carbocycles. The van der Waals surface area contributed by atoms with Crippen molar-refractivity contribution in [1.82, 2.24) is 10.4 Å². The quantitative estimate of drug-likeness (QED) is 0.634. The fraction of sp³-hybridized carbons (Fsp3) is 0.267. The number of halogens is 1. The summed E-state index contributed by atoms with van der Waals surface area (Å²) in [6.07, 6.45) is 4.88. The van der Waals surface area contributed by atoms with E-state index in [1.54, 1.807) is 6.20 Å². The number of aryl methyl sites for hydroxylation is 1.